The number of amides is 1. The standard InChI is InChI=1S/C19H18N2O2/c1-2-23-18-10-8-15(9-11-18)12-17(13-20)19(22)21-14-16-6-4-3-5-7-16/h3-12H,2,14H2,1H3,(H,21,22)/b17-12-. The van der Waals surface area contributed by atoms with Crippen LogP contribution in [0.3, 0.4) is 0 Å². The van der Waals surface area contributed by atoms with E-state index in [4.69, 9.17) is 4.74 Å². The lowest BCUT2D eigenvalue weighted by Crippen LogP contribution is -2.23. The summed E-state index contributed by atoms with van der Waals surface area (Å²) < 4.78 is 5.36. The first kappa shape index (κ1) is 16.3. The Balaban J connectivity index is 2.03. The second kappa shape index (κ2) is 8.40. The predicted octanol–water partition coefficient (Wildman–Crippen LogP) is 3.31. The van der Waals surface area contributed by atoms with E-state index in [0.717, 1.165) is 16.9 Å². The summed E-state index contributed by atoms with van der Waals surface area (Å²) in [5.41, 5.74) is 1.84. The molecule has 4 heteroatoms. The summed E-state index contributed by atoms with van der Waals surface area (Å²) in [4.78, 5) is 12.1. The molecule has 116 valence electrons. The van der Waals surface area contributed by atoms with E-state index >= 15 is 0 Å². The van der Waals surface area contributed by atoms with Crippen LogP contribution in [0.25, 0.3) is 6.08 Å². The van der Waals surface area contributed by atoms with Gasteiger partial charge in [0.2, 0.25) is 0 Å². The maximum Gasteiger partial charge on any atom is 0.262 e. The molecular formula is C19H18N2O2. The highest BCUT2D eigenvalue weighted by Gasteiger charge is 2.08. The number of hydrogen-bond donors (Lipinski definition) is 1. The first-order valence-electron chi connectivity index (χ1n) is 7.39. The molecule has 0 aliphatic rings. The minimum absolute atomic E-state index is 0.0742. The summed E-state index contributed by atoms with van der Waals surface area (Å²) in [6.07, 6.45) is 1.57. The summed E-state index contributed by atoms with van der Waals surface area (Å²) >= 11 is 0. The maximum absolute atomic E-state index is 12.1. The van der Waals surface area contributed by atoms with Crippen molar-refractivity contribution in [2.24, 2.45) is 0 Å². The second-order valence-electron chi connectivity index (χ2n) is 4.84. The van der Waals surface area contributed by atoms with E-state index in [9.17, 15) is 10.1 Å². The van der Waals surface area contributed by atoms with Gasteiger partial charge in [-0.1, -0.05) is 42.5 Å². The molecular weight excluding hydrogens is 288 g/mol. The first-order chi connectivity index (χ1) is 11.2. The summed E-state index contributed by atoms with van der Waals surface area (Å²) in [5.74, 6) is 0.377. The van der Waals surface area contributed by atoms with Crippen molar-refractivity contribution in [3.63, 3.8) is 0 Å². The molecule has 0 heterocycles. The molecule has 2 aromatic carbocycles. The minimum Gasteiger partial charge on any atom is -0.494 e. The van der Waals surface area contributed by atoms with Gasteiger partial charge < -0.3 is 10.1 Å². The SMILES string of the molecule is CCOc1ccc(/C=C(/C#N)C(=O)NCc2ccccc2)cc1. The van der Waals surface area contributed by atoms with E-state index in [1.54, 1.807) is 6.08 Å². The Morgan fingerprint density at radius 1 is 1.17 bits per heavy atom. The fourth-order valence-corrected chi connectivity index (χ4v) is 2.02. The van der Waals surface area contributed by atoms with E-state index in [1.165, 1.54) is 0 Å². The lowest BCUT2D eigenvalue weighted by Gasteiger charge is -2.05. The third kappa shape index (κ3) is 5.01. The molecule has 23 heavy (non-hydrogen) atoms. The highest BCUT2D eigenvalue weighted by atomic mass is 16.5. The number of carbonyl (C=O) groups is 1. The molecule has 0 bridgehead atoms. The van der Waals surface area contributed by atoms with Gasteiger partial charge in [-0.05, 0) is 36.3 Å². The average molecular weight is 306 g/mol. The number of hydrogen-bond acceptors (Lipinski definition) is 3. The van der Waals surface area contributed by atoms with Gasteiger partial charge in [-0.3, -0.25) is 4.79 Å². The van der Waals surface area contributed by atoms with E-state index in [2.05, 4.69) is 5.32 Å². The highest BCUT2D eigenvalue weighted by Crippen LogP contribution is 2.14. The largest absolute Gasteiger partial charge is 0.494 e. The Kier molecular flexibility index (Phi) is 5.96. The van der Waals surface area contributed by atoms with Gasteiger partial charge in [0.05, 0.1) is 6.61 Å². The maximum atomic E-state index is 12.1. The van der Waals surface area contributed by atoms with Crippen molar-refractivity contribution in [2.45, 2.75) is 13.5 Å². The Morgan fingerprint density at radius 2 is 1.87 bits per heavy atom. The molecule has 0 fully saturated rings. The molecule has 0 atom stereocenters. The van der Waals surface area contributed by atoms with Gasteiger partial charge in [0, 0.05) is 6.54 Å². The van der Waals surface area contributed by atoms with Crippen molar-refractivity contribution in [3.8, 4) is 11.8 Å². The molecule has 0 spiro atoms. The molecule has 0 radical (unpaired) electrons. The van der Waals surface area contributed by atoms with Crippen LogP contribution >= 0.6 is 0 Å². The summed E-state index contributed by atoms with van der Waals surface area (Å²) in [7, 11) is 0. The minimum atomic E-state index is -0.384. The molecule has 0 aromatic heterocycles. The van der Waals surface area contributed by atoms with Crippen LogP contribution in [0.2, 0.25) is 0 Å². The molecule has 1 N–H and O–H groups in total. The summed E-state index contributed by atoms with van der Waals surface area (Å²) in [6.45, 7) is 2.90. The quantitative estimate of drug-likeness (QED) is 0.658. The van der Waals surface area contributed by atoms with Gasteiger partial charge in [0.1, 0.15) is 17.4 Å². The van der Waals surface area contributed by atoms with Crippen LogP contribution < -0.4 is 10.1 Å². The smallest absolute Gasteiger partial charge is 0.262 e. The summed E-state index contributed by atoms with van der Waals surface area (Å²) in [6, 6.07) is 18.8. The Bertz CT molecular complexity index is 713. The molecule has 0 unspecified atom stereocenters. The number of benzene rings is 2. The Morgan fingerprint density at radius 3 is 2.48 bits per heavy atom. The van der Waals surface area contributed by atoms with Gasteiger partial charge in [-0.15, -0.1) is 0 Å². The second-order valence-corrected chi connectivity index (χ2v) is 4.84. The number of nitriles is 1. The van der Waals surface area contributed by atoms with Gasteiger partial charge in [0.15, 0.2) is 0 Å². The fraction of sp³-hybridized carbons (Fsp3) is 0.158. The topological polar surface area (TPSA) is 62.1 Å². The van der Waals surface area contributed by atoms with Crippen LogP contribution in [-0.4, -0.2) is 12.5 Å². The van der Waals surface area contributed by atoms with Crippen LogP contribution in [0.1, 0.15) is 18.1 Å². The van der Waals surface area contributed by atoms with Gasteiger partial charge in [-0.25, -0.2) is 0 Å². The van der Waals surface area contributed by atoms with Crippen LogP contribution in [0, 0.1) is 11.3 Å². The molecule has 2 rings (SSSR count). The first-order valence-corrected chi connectivity index (χ1v) is 7.39. The average Bonchev–Trinajstić information content (AvgIpc) is 2.60. The zero-order chi connectivity index (χ0) is 16.5. The van der Waals surface area contributed by atoms with Crippen molar-refractivity contribution in [1.29, 1.82) is 5.26 Å². The van der Waals surface area contributed by atoms with Crippen LogP contribution in [-0.2, 0) is 11.3 Å². The fourth-order valence-electron chi connectivity index (χ4n) is 2.02. The van der Waals surface area contributed by atoms with Gasteiger partial charge in [-0.2, -0.15) is 5.26 Å². The Hall–Kier alpha value is -3.06. The number of rotatable bonds is 6. The van der Waals surface area contributed by atoms with Crippen molar-refractivity contribution in [2.75, 3.05) is 6.61 Å². The van der Waals surface area contributed by atoms with E-state index < -0.39 is 0 Å². The third-order valence-electron chi connectivity index (χ3n) is 3.16. The zero-order valence-electron chi connectivity index (χ0n) is 13.0. The third-order valence-corrected chi connectivity index (χ3v) is 3.16. The van der Waals surface area contributed by atoms with Crippen molar-refractivity contribution in [1.82, 2.24) is 5.32 Å². The summed E-state index contributed by atoms with van der Waals surface area (Å²) in [5, 5.41) is 11.9. The Labute approximate surface area is 136 Å². The molecule has 0 aliphatic carbocycles. The van der Waals surface area contributed by atoms with E-state index in [1.807, 2.05) is 67.6 Å². The van der Waals surface area contributed by atoms with Crippen LogP contribution in [0.4, 0.5) is 0 Å². The molecule has 4 nitrogen and oxygen atoms in total. The lowest BCUT2D eigenvalue weighted by molar-refractivity contribution is -0.117. The lowest BCUT2D eigenvalue weighted by atomic mass is 10.1. The van der Waals surface area contributed by atoms with E-state index in [-0.39, 0.29) is 11.5 Å². The van der Waals surface area contributed by atoms with Crippen molar-refractivity contribution < 1.29 is 9.53 Å². The number of carbonyl (C=O) groups excluding carboxylic acids is 1. The molecule has 0 saturated carbocycles. The van der Waals surface area contributed by atoms with Crippen molar-refractivity contribution in [3.05, 3.63) is 71.3 Å². The van der Waals surface area contributed by atoms with Crippen molar-refractivity contribution >= 4 is 12.0 Å². The van der Waals surface area contributed by atoms with Gasteiger partial charge in [0.25, 0.3) is 5.91 Å². The molecule has 0 aliphatic heterocycles. The molecule has 1 amide bonds. The predicted molar refractivity (Wildman–Crippen MR) is 89.5 cm³/mol. The number of nitrogens with zero attached hydrogens (tertiary/aromatic N) is 1. The van der Waals surface area contributed by atoms with Gasteiger partial charge >= 0.3 is 0 Å². The number of nitrogens with one attached hydrogen (secondary N) is 1. The van der Waals surface area contributed by atoms with E-state index in [0.29, 0.717) is 13.2 Å². The van der Waals surface area contributed by atoms with Crippen LogP contribution in [0.5, 0.6) is 5.75 Å². The monoisotopic (exact) mass is 306 g/mol. The molecule has 2 aromatic rings. The highest BCUT2D eigenvalue weighted by molar-refractivity contribution is 6.01. The molecule has 0 saturated heterocycles. The number of ether oxygens (including phenoxy) is 1. The van der Waals surface area contributed by atoms with Crippen LogP contribution in [0.15, 0.2) is 60.2 Å². The zero-order valence-corrected chi connectivity index (χ0v) is 13.0. The normalized spacial score (nSPS) is 10.7.